The van der Waals surface area contributed by atoms with Gasteiger partial charge in [0.15, 0.2) is 0 Å². The van der Waals surface area contributed by atoms with Crippen LogP contribution in [0, 0.1) is 11.3 Å². The van der Waals surface area contributed by atoms with E-state index in [1.807, 2.05) is 6.07 Å². The maximum Gasteiger partial charge on any atom is 0.412 e. The molecule has 1 rings (SSSR count). The third-order valence-corrected chi connectivity index (χ3v) is 1.35. The van der Waals surface area contributed by atoms with Gasteiger partial charge in [0.05, 0.1) is 5.69 Å². The normalized spacial score (nSPS) is 10.5. The van der Waals surface area contributed by atoms with Gasteiger partial charge in [0.1, 0.15) is 17.9 Å². The Morgan fingerprint density at radius 3 is 2.73 bits per heavy atom. The monoisotopic (exact) mass is 208 g/mol. The average molecular weight is 208 g/mol. The highest BCUT2D eigenvalue weighted by Gasteiger charge is 2.16. The molecule has 0 saturated heterocycles. The first kappa shape index (κ1) is 11.1. The minimum atomic E-state index is -0.576. The number of anilines is 1. The number of ether oxygens (including phenoxy) is 1. The average Bonchev–Trinajstić information content (AvgIpc) is 2.48. The van der Waals surface area contributed by atoms with Crippen molar-refractivity contribution in [2.75, 3.05) is 5.32 Å². The smallest absolute Gasteiger partial charge is 0.412 e. The summed E-state index contributed by atoms with van der Waals surface area (Å²) in [5.41, 5.74) is -0.146. The van der Waals surface area contributed by atoms with E-state index in [-0.39, 0.29) is 5.76 Å². The number of hydrogen-bond donors (Lipinski definition) is 1. The molecule has 0 atom stereocenters. The van der Waals surface area contributed by atoms with Crippen LogP contribution in [-0.4, -0.2) is 11.7 Å². The first-order valence-corrected chi connectivity index (χ1v) is 4.39. The van der Waals surface area contributed by atoms with Gasteiger partial charge in [0, 0.05) is 6.07 Å². The van der Waals surface area contributed by atoms with E-state index in [1.165, 1.54) is 12.3 Å². The Hall–Kier alpha value is -1.96. The number of nitriles is 1. The first-order valence-electron chi connectivity index (χ1n) is 4.39. The number of furan rings is 1. The van der Waals surface area contributed by atoms with Crippen LogP contribution < -0.4 is 5.32 Å². The molecule has 0 bridgehead atoms. The molecular formula is C10H12N2O3. The lowest BCUT2D eigenvalue weighted by atomic mass is 10.2. The number of rotatable bonds is 1. The summed E-state index contributed by atoms with van der Waals surface area (Å²) in [5.74, 6) is 0.140. The lowest BCUT2D eigenvalue weighted by Crippen LogP contribution is -2.27. The summed E-state index contributed by atoms with van der Waals surface area (Å²) in [6.45, 7) is 5.30. The summed E-state index contributed by atoms with van der Waals surface area (Å²) < 4.78 is 9.82. The molecule has 0 radical (unpaired) electrons. The van der Waals surface area contributed by atoms with Crippen LogP contribution in [0.3, 0.4) is 0 Å². The fourth-order valence-corrected chi connectivity index (χ4v) is 0.882. The fraction of sp³-hybridized carbons (Fsp3) is 0.400. The number of amides is 1. The predicted octanol–water partition coefficient (Wildman–Crippen LogP) is 2.50. The molecule has 15 heavy (non-hydrogen) atoms. The molecule has 80 valence electrons. The molecule has 0 fully saturated rings. The van der Waals surface area contributed by atoms with Gasteiger partial charge in [-0.25, -0.2) is 4.79 Å². The van der Waals surface area contributed by atoms with Crippen molar-refractivity contribution in [3.63, 3.8) is 0 Å². The molecule has 1 amide bonds. The zero-order chi connectivity index (χ0) is 11.5. The largest absolute Gasteiger partial charge is 0.452 e. The van der Waals surface area contributed by atoms with E-state index in [0.29, 0.717) is 5.69 Å². The SMILES string of the molecule is CC(C)(C)OC(=O)Nc1coc(C#N)c1. The molecule has 0 aromatic carbocycles. The van der Waals surface area contributed by atoms with E-state index in [2.05, 4.69) is 5.32 Å². The van der Waals surface area contributed by atoms with E-state index in [9.17, 15) is 4.79 Å². The van der Waals surface area contributed by atoms with Crippen LogP contribution in [0.2, 0.25) is 0 Å². The highest BCUT2D eigenvalue weighted by Crippen LogP contribution is 2.14. The Labute approximate surface area is 87.6 Å². The minimum Gasteiger partial charge on any atom is -0.452 e. The summed E-state index contributed by atoms with van der Waals surface area (Å²) in [4.78, 5) is 11.3. The highest BCUT2D eigenvalue weighted by molar-refractivity contribution is 5.84. The molecule has 1 aromatic rings. The molecular weight excluding hydrogens is 196 g/mol. The Balaban J connectivity index is 2.56. The van der Waals surface area contributed by atoms with Gasteiger partial charge in [-0.05, 0) is 20.8 Å². The summed E-state index contributed by atoms with van der Waals surface area (Å²) in [6.07, 6.45) is 0.704. The van der Waals surface area contributed by atoms with Gasteiger partial charge in [-0.1, -0.05) is 0 Å². The van der Waals surface area contributed by atoms with Crippen LogP contribution in [0.4, 0.5) is 10.5 Å². The fourth-order valence-electron chi connectivity index (χ4n) is 0.882. The van der Waals surface area contributed by atoms with Crippen molar-refractivity contribution < 1.29 is 13.9 Å². The van der Waals surface area contributed by atoms with Crippen molar-refractivity contribution in [3.8, 4) is 6.07 Å². The summed E-state index contributed by atoms with van der Waals surface area (Å²) >= 11 is 0. The van der Waals surface area contributed by atoms with E-state index >= 15 is 0 Å². The molecule has 0 saturated carbocycles. The van der Waals surface area contributed by atoms with Gasteiger partial charge < -0.3 is 9.15 Å². The Morgan fingerprint density at radius 2 is 2.27 bits per heavy atom. The molecule has 0 aliphatic rings. The van der Waals surface area contributed by atoms with Crippen LogP contribution in [0.25, 0.3) is 0 Å². The number of carbonyl (C=O) groups is 1. The Bertz CT molecular complexity index is 396. The second kappa shape index (κ2) is 4.05. The topological polar surface area (TPSA) is 75.3 Å². The molecule has 1 heterocycles. The second-order valence-electron chi connectivity index (χ2n) is 3.94. The van der Waals surface area contributed by atoms with Crippen LogP contribution >= 0.6 is 0 Å². The zero-order valence-corrected chi connectivity index (χ0v) is 8.83. The Morgan fingerprint density at radius 1 is 1.60 bits per heavy atom. The van der Waals surface area contributed by atoms with Crippen LogP contribution in [-0.2, 0) is 4.74 Å². The van der Waals surface area contributed by atoms with Gasteiger partial charge >= 0.3 is 6.09 Å². The van der Waals surface area contributed by atoms with Crippen molar-refractivity contribution in [1.82, 2.24) is 0 Å². The van der Waals surface area contributed by atoms with E-state index < -0.39 is 11.7 Å². The molecule has 5 nitrogen and oxygen atoms in total. The van der Waals surface area contributed by atoms with Gasteiger partial charge in [-0.3, -0.25) is 5.32 Å². The molecule has 0 aliphatic heterocycles. The molecule has 1 N–H and O–H groups in total. The number of hydrogen-bond acceptors (Lipinski definition) is 4. The summed E-state index contributed by atoms with van der Waals surface area (Å²) in [6, 6.07) is 3.23. The van der Waals surface area contributed by atoms with Crippen molar-refractivity contribution in [1.29, 1.82) is 5.26 Å². The molecule has 5 heteroatoms. The Kier molecular flexibility index (Phi) is 3.00. The minimum absolute atomic E-state index is 0.140. The van der Waals surface area contributed by atoms with E-state index in [0.717, 1.165) is 0 Å². The van der Waals surface area contributed by atoms with Crippen LogP contribution in [0.5, 0.6) is 0 Å². The molecule has 0 aliphatic carbocycles. The maximum absolute atomic E-state index is 11.3. The predicted molar refractivity (Wildman–Crippen MR) is 53.3 cm³/mol. The standard InChI is InChI=1S/C10H12N2O3/c1-10(2,3)15-9(13)12-7-4-8(5-11)14-6-7/h4,6H,1-3H3,(H,12,13). The molecule has 0 spiro atoms. The van der Waals surface area contributed by atoms with Crippen LogP contribution in [0.1, 0.15) is 26.5 Å². The van der Waals surface area contributed by atoms with Crippen molar-refractivity contribution in [3.05, 3.63) is 18.1 Å². The van der Waals surface area contributed by atoms with Crippen molar-refractivity contribution in [2.45, 2.75) is 26.4 Å². The first-order chi connectivity index (χ1) is 6.90. The third-order valence-electron chi connectivity index (χ3n) is 1.35. The second-order valence-corrected chi connectivity index (χ2v) is 3.94. The third kappa shape index (κ3) is 3.73. The van der Waals surface area contributed by atoms with Crippen LogP contribution in [0.15, 0.2) is 16.7 Å². The lowest BCUT2D eigenvalue weighted by Gasteiger charge is -2.19. The lowest BCUT2D eigenvalue weighted by molar-refractivity contribution is 0.0636. The summed E-state index contributed by atoms with van der Waals surface area (Å²) in [7, 11) is 0. The van der Waals surface area contributed by atoms with E-state index in [4.69, 9.17) is 14.4 Å². The quantitative estimate of drug-likeness (QED) is 0.769. The van der Waals surface area contributed by atoms with E-state index in [1.54, 1.807) is 20.8 Å². The highest BCUT2D eigenvalue weighted by atomic mass is 16.6. The van der Waals surface area contributed by atoms with Crippen molar-refractivity contribution >= 4 is 11.8 Å². The number of nitrogens with zero attached hydrogens (tertiary/aromatic N) is 1. The molecule has 0 unspecified atom stereocenters. The molecule has 1 aromatic heterocycles. The van der Waals surface area contributed by atoms with Gasteiger partial charge in [0.2, 0.25) is 5.76 Å². The summed E-state index contributed by atoms with van der Waals surface area (Å²) in [5, 5.41) is 10.9. The zero-order valence-electron chi connectivity index (χ0n) is 8.83. The van der Waals surface area contributed by atoms with Gasteiger partial charge in [-0.15, -0.1) is 0 Å². The maximum atomic E-state index is 11.3. The number of nitrogens with one attached hydrogen (secondary N) is 1. The van der Waals surface area contributed by atoms with Gasteiger partial charge in [0.25, 0.3) is 0 Å². The van der Waals surface area contributed by atoms with Crippen molar-refractivity contribution in [2.24, 2.45) is 0 Å². The van der Waals surface area contributed by atoms with Gasteiger partial charge in [-0.2, -0.15) is 5.26 Å². The number of carbonyl (C=O) groups excluding carboxylic acids is 1.